The Morgan fingerprint density at radius 1 is 0.852 bits per heavy atom. The highest BCUT2D eigenvalue weighted by molar-refractivity contribution is 6.05. The Morgan fingerprint density at radius 2 is 1.52 bits per heavy atom. The number of piperazine rings is 1. The fourth-order valence-corrected chi connectivity index (χ4v) is 8.35. The van der Waals surface area contributed by atoms with Gasteiger partial charge in [-0.25, -0.2) is 14.8 Å². The van der Waals surface area contributed by atoms with Gasteiger partial charge >= 0.3 is 17.8 Å². The molecule has 3 aliphatic rings. The number of rotatable bonds is 11. The lowest BCUT2D eigenvalue weighted by Gasteiger charge is -2.40. The van der Waals surface area contributed by atoms with E-state index in [2.05, 4.69) is 93.2 Å². The molecule has 3 fully saturated rings. The van der Waals surface area contributed by atoms with Gasteiger partial charge in [-0.15, -0.1) is 0 Å². The molecule has 2 aromatic heterocycles. The van der Waals surface area contributed by atoms with Crippen molar-refractivity contribution < 1.29 is 18.9 Å². The summed E-state index contributed by atoms with van der Waals surface area (Å²) in [6.07, 6.45) is 4.22. The molecule has 0 unspecified atom stereocenters. The Hall–Kier alpha value is -6.35. The lowest BCUT2D eigenvalue weighted by atomic mass is 9.95. The van der Waals surface area contributed by atoms with Crippen molar-refractivity contribution in [1.29, 1.82) is 0 Å². The average molecular weight is 826 g/mol. The van der Waals surface area contributed by atoms with Crippen LogP contribution in [0.15, 0.2) is 83.6 Å². The quantitative estimate of drug-likeness (QED) is 0.127. The van der Waals surface area contributed by atoms with Crippen LogP contribution in [0.4, 0.5) is 33.4 Å². The molecule has 0 aliphatic carbocycles. The molecule has 15 nitrogen and oxygen atoms in total. The highest BCUT2D eigenvalue weighted by Gasteiger charge is 2.28. The summed E-state index contributed by atoms with van der Waals surface area (Å²) in [4.78, 5) is 59.1. The summed E-state index contributed by atoms with van der Waals surface area (Å²) in [5, 5.41) is 12.8. The van der Waals surface area contributed by atoms with Crippen LogP contribution in [0.2, 0.25) is 0 Å². The Balaban J connectivity index is 0.782. The second-order valence-corrected chi connectivity index (χ2v) is 17.4. The number of aryl methyl sites for hydroxylation is 1. The fourth-order valence-electron chi connectivity index (χ4n) is 8.35. The maximum absolute atomic E-state index is 12.9. The zero-order chi connectivity index (χ0) is 42.7. The summed E-state index contributed by atoms with van der Waals surface area (Å²) in [6, 6.07) is 24.1. The largest absolute Gasteiger partial charge is 0.372 e. The maximum Gasteiger partial charge on any atom is 0.328 e. The smallest absolute Gasteiger partial charge is 0.328 e. The molecule has 318 valence electrons. The zero-order valence-electron chi connectivity index (χ0n) is 35.6. The lowest BCUT2D eigenvalue weighted by molar-refractivity contribution is -0.120. The zero-order valence-corrected chi connectivity index (χ0v) is 35.6. The summed E-state index contributed by atoms with van der Waals surface area (Å²) in [5.41, 5.74) is 7.59. The molecule has 3 N–H and O–H groups in total. The van der Waals surface area contributed by atoms with Crippen LogP contribution in [-0.2, 0) is 10.2 Å². The number of hydrogen-bond donors (Lipinski definition) is 3. The molecular weight excluding hydrogens is 771 g/mol. The minimum absolute atomic E-state index is 0.0460. The lowest BCUT2D eigenvalue weighted by Crippen LogP contribution is -2.49. The first-order valence-electron chi connectivity index (χ1n) is 21.2. The van der Waals surface area contributed by atoms with E-state index in [4.69, 9.17) is 4.52 Å². The van der Waals surface area contributed by atoms with Crippen molar-refractivity contribution in [1.82, 2.24) is 35.6 Å². The van der Waals surface area contributed by atoms with Crippen LogP contribution in [0.1, 0.15) is 80.6 Å². The standard InChI is InChI=1S/C46H55N11O4/c1-30-26-33(6-15-38(30)31(2)49-42(59)43-52-44(53-61-43)46(3,4)5)39-27-40(48-29-47-39)50-34-7-9-35(10-8-34)56-24-22-54(23-25-56)28-32-16-19-55(20-17-32)36-11-13-37(14-12-36)57-21-18-41(58)51-45(57)60/h6-15,26-27,29,31-32H,16-25,28H2,1-5H3,(H,49,59)(H,47,48,50)(H,51,58,60)/t31-/m1/s1. The van der Waals surface area contributed by atoms with Crippen molar-refractivity contribution in [3.8, 4) is 11.3 Å². The Labute approximate surface area is 356 Å². The number of amides is 4. The van der Waals surface area contributed by atoms with Crippen LogP contribution >= 0.6 is 0 Å². The van der Waals surface area contributed by atoms with Gasteiger partial charge in [0.05, 0.1) is 11.7 Å². The topological polar surface area (TPSA) is 165 Å². The van der Waals surface area contributed by atoms with Crippen molar-refractivity contribution in [2.75, 3.05) is 72.4 Å². The minimum Gasteiger partial charge on any atom is -0.372 e. The summed E-state index contributed by atoms with van der Waals surface area (Å²) in [5.74, 6) is 1.20. The number of imide groups is 1. The van der Waals surface area contributed by atoms with Crippen molar-refractivity contribution in [2.45, 2.75) is 65.3 Å². The van der Waals surface area contributed by atoms with E-state index in [0.29, 0.717) is 30.5 Å². The number of nitrogens with one attached hydrogen (secondary N) is 3. The SMILES string of the molecule is Cc1cc(-c2cc(Nc3ccc(N4CCN(CC5CCN(c6ccc(N7CCC(=O)NC7=O)cc6)CC5)CC4)cc3)ncn2)ccc1[C@@H](C)NC(=O)c1nc(C(C)(C)C)no1. The van der Waals surface area contributed by atoms with E-state index in [9.17, 15) is 14.4 Å². The molecule has 0 radical (unpaired) electrons. The fraction of sp³-hybridized carbons (Fsp3) is 0.413. The van der Waals surface area contributed by atoms with Gasteiger partial charge in [-0.1, -0.05) is 38.1 Å². The number of anilines is 5. The number of carbonyl (C=O) groups is 3. The molecule has 0 bridgehead atoms. The van der Waals surface area contributed by atoms with E-state index in [1.807, 2.05) is 65.0 Å². The van der Waals surface area contributed by atoms with Gasteiger partial charge in [-0.3, -0.25) is 24.7 Å². The predicted molar refractivity (Wildman–Crippen MR) is 236 cm³/mol. The summed E-state index contributed by atoms with van der Waals surface area (Å²) in [6.45, 7) is 17.5. The van der Waals surface area contributed by atoms with Crippen LogP contribution in [0, 0.1) is 12.8 Å². The van der Waals surface area contributed by atoms with E-state index in [1.165, 1.54) is 11.4 Å². The van der Waals surface area contributed by atoms with E-state index >= 15 is 0 Å². The third-order valence-electron chi connectivity index (χ3n) is 11.9. The number of nitrogens with zero attached hydrogens (tertiary/aromatic N) is 8. The number of aromatic nitrogens is 4. The second-order valence-electron chi connectivity index (χ2n) is 17.4. The molecule has 3 aromatic carbocycles. The van der Waals surface area contributed by atoms with E-state index < -0.39 is 5.91 Å². The number of carbonyl (C=O) groups excluding carboxylic acids is 3. The molecule has 61 heavy (non-hydrogen) atoms. The number of benzene rings is 3. The van der Waals surface area contributed by atoms with Gasteiger partial charge in [-0.05, 0) is 98.3 Å². The summed E-state index contributed by atoms with van der Waals surface area (Å²) >= 11 is 0. The molecule has 4 amide bonds. The van der Waals surface area contributed by atoms with Crippen LogP contribution in [0.3, 0.4) is 0 Å². The number of hydrogen-bond acceptors (Lipinski definition) is 12. The first kappa shape index (κ1) is 41.4. The second kappa shape index (κ2) is 17.7. The highest BCUT2D eigenvalue weighted by atomic mass is 16.5. The normalized spacial score (nSPS) is 17.3. The van der Waals surface area contributed by atoms with E-state index in [0.717, 1.165) is 92.4 Å². The molecule has 1 atom stereocenters. The Kier molecular flexibility index (Phi) is 12.0. The summed E-state index contributed by atoms with van der Waals surface area (Å²) in [7, 11) is 0. The van der Waals surface area contributed by atoms with Crippen molar-refractivity contribution in [3.05, 3.63) is 102 Å². The number of piperidine rings is 1. The molecule has 5 heterocycles. The van der Waals surface area contributed by atoms with Crippen LogP contribution in [0.25, 0.3) is 11.3 Å². The van der Waals surface area contributed by atoms with Gasteiger partial charge in [0, 0.05) is 98.6 Å². The van der Waals surface area contributed by atoms with Crippen LogP contribution in [0.5, 0.6) is 0 Å². The molecule has 8 rings (SSSR count). The molecule has 3 saturated heterocycles. The van der Waals surface area contributed by atoms with Gasteiger partial charge in [0.1, 0.15) is 12.1 Å². The summed E-state index contributed by atoms with van der Waals surface area (Å²) < 4.78 is 5.23. The van der Waals surface area contributed by atoms with Crippen LogP contribution < -0.4 is 30.7 Å². The van der Waals surface area contributed by atoms with E-state index in [-0.39, 0.29) is 29.3 Å². The molecular formula is C46H55N11O4. The maximum atomic E-state index is 12.9. The third kappa shape index (κ3) is 9.83. The van der Waals surface area contributed by atoms with Crippen molar-refractivity contribution in [2.24, 2.45) is 5.92 Å². The van der Waals surface area contributed by atoms with Gasteiger partial charge in [-0.2, -0.15) is 4.98 Å². The molecule has 0 spiro atoms. The molecule has 3 aliphatic heterocycles. The minimum atomic E-state index is -0.407. The van der Waals surface area contributed by atoms with Gasteiger partial charge in [0.15, 0.2) is 5.82 Å². The highest BCUT2D eigenvalue weighted by Crippen LogP contribution is 2.30. The predicted octanol–water partition coefficient (Wildman–Crippen LogP) is 6.85. The molecule has 15 heteroatoms. The third-order valence-corrected chi connectivity index (χ3v) is 11.9. The van der Waals surface area contributed by atoms with E-state index in [1.54, 1.807) is 11.2 Å². The monoisotopic (exact) mass is 825 g/mol. The van der Waals surface area contributed by atoms with Crippen LogP contribution in [-0.4, -0.2) is 95.2 Å². The Bertz CT molecular complexity index is 2340. The van der Waals surface area contributed by atoms with Crippen molar-refractivity contribution >= 4 is 46.4 Å². The van der Waals surface area contributed by atoms with Crippen molar-refractivity contribution in [3.63, 3.8) is 0 Å². The number of urea groups is 1. The molecule has 5 aromatic rings. The first-order valence-corrected chi connectivity index (χ1v) is 21.2. The first-order chi connectivity index (χ1) is 29.4. The average Bonchev–Trinajstić information content (AvgIpc) is 3.77. The van der Waals surface area contributed by atoms with Gasteiger partial charge in [0.2, 0.25) is 5.91 Å². The Morgan fingerprint density at radius 3 is 2.18 bits per heavy atom. The molecule has 0 saturated carbocycles. The van der Waals surface area contributed by atoms with Gasteiger partial charge < -0.3 is 25.0 Å². The van der Waals surface area contributed by atoms with Gasteiger partial charge in [0.25, 0.3) is 0 Å².